The predicted octanol–water partition coefficient (Wildman–Crippen LogP) is 4.91. The van der Waals surface area contributed by atoms with Gasteiger partial charge in [0.15, 0.2) is 0 Å². The molecule has 0 bridgehead atoms. The Balaban J connectivity index is 1.83. The molecule has 0 aromatic rings. The van der Waals surface area contributed by atoms with Crippen LogP contribution in [0.25, 0.3) is 0 Å². The first kappa shape index (κ1) is 27.6. The van der Waals surface area contributed by atoms with Gasteiger partial charge in [0, 0.05) is 6.61 Å². The number of ether oxygens (including phenoxy) is 2. The van der Waals surface area contributed by atoms with Gasteiger partial charge in [0.1, 0.15) is 24.4 Å². The van der Waals surface area contributed by atoms with Crippen LogP contribution >= 0.6 is 0 Å². The number of rotatable bonds is 19. The third kappa shape index (κ3) is 13.1. The standard InChI is InChI=1S/C25H48O5/c1-2-3-4-5-6-7-8-9-10-11-12-13-14-15-16-17-18-19-29-25-23(20-26)30-21-22(27)24(25)28/h3-4,22-28H,2,5-21H2,1H3/b4-3+/t22-,23+,24+,25+/m1/s1. The lowest BCUT2D eigenvalue weighted by molar-refractivity contribution is -0.211. The molecule has 1 saturated heterocycles. The maximum Gasteiger partial charge on any atom is 0.114 e. The molecule has 0 aromatic heterocycles. The zero-order valence-corrected chi connectivity index (χ0v) is 19.4. The minimum atomic E-state index is -0.987. The summed E-state index contributed by atoms with van der Waals surface area (Å²) >= 11 is 0. The van der Waals surface area contributed by atoms with Gasteiger partial charge in [-0.15, -0.1) is 0 Å². The zero-order valence-electron chi connectivity index (χ0n) is 19.4. The van der Waals surface area contributed by atoms with Crippen molar-refractivity contribution in [2.24, 2.45) is 0 Å². The molecule has 1 fully saturated rings. The van der Waals surface area contributed by atoms with Crippen molar-refractivity contribution in [1.29, 1.82) is 0 Å². The highest BCUT2D eigenvalue weighted by Crippen LogP contribution is 2.19. The van der Waals surface area contributed by atoms with E-state index in [-0.39, 0.29) is 13.2 Å². The Morgan fingerprint density at radius 1 is 0.800 bits per heavy atom. The largest absolute Gasteiger partial charge is 0.394 e. The molecule has 0 amide bonds. The number of aliphatic hydroxyl groups is 3. The topological polar surface area (TPSA) is 79.2 Å². The fourth-order valence-corrected chi connectivity index (χ4v) is 4.03. The lowest BCUT2D eigenvalue weighted by atomic mass is 10.0. The van der Waals surface area contributed by atoms with Gasteiger partial charge < -0.3 is 24.8 Å². The van der Waals surface area contributed by atoms with E-state index >= 15 is 0 Å². The van der Waals surface area contributed by atoms with Crippen LogP contribution < -0.4 is 0 Å². The Morgan fingerprint density at radius 2 is 1.33 bits per heavy atom. The molecule has 0 unspecified atom stereocenters. The van der Waals surface area contributed by atoms with E-state index in [1.165, 1.54) is 77.0 Å². The molecule has 0 saturated carbocycles. The van der Waals surface area contributed by atoms with Gasteiger partial charge in [-0.2, -0.15) is 0 Å². The van der Waals surface area contributed by atoms with Gasteiger partial charge in [0.25, 0.3) is 0 Å². The van der Waals surface area contributed by atoms with E-state index in [9.17, 15) is 15.3 Å². The molecule has 1 aliphatic heterocycles. The van der Waals surface area contributed by atoms with Crippen molar-refractivity contribution in [1.82, 2.24) is 0 Å². The second-order valence-electron chi connectivity index (χ2n) is 8.71. The minimum absolute atomic E-state index is 0.0448. The first-order valence-electron chi connectivity index (χ1n) is 12.6. The molecular formula is C25H48O5. The third-order valence-corrected chi connectivity index (χ3v) is 5.99. The Bertz CT molecular complexity index is 399. The number of aliphatic hydroxyl groups excluding tert-OH is 3. The molecule has 1 aliphatic rings. The highest BCUT2D eigenvalue weighted by atomic mass is 16.6. The van der Waals surface area contributed by atoms with Crippen LogP contribution in [0.15, 0.2) is 12.2 Å². The van der Waals surface area contributed by atoms with Crippen LogP contribution in [-0.2, 0) is 9.47 Å². The van der Waals surface area contributed by atoms with Crippen molar-refractivity contribution in [3.8, 4) is 0 Å². The van der Waals surface area contributed by atoms with Gasteiger partial charge in [-0.25, -0.2) is 0 Å². The third-order valence-electron chi connectivity index (χ3n) is 5.99. The fraction of sp³-hybridized carbons (Fsp3) is 0.920. The molecule has 178 valence electrons. The van der Waals surface area contributed by atoms with Gasteiger partial charge in [-0.3, -0.25) is 0 Å². The molecule has 5 heteroatoms. The highest BCUT2D eigenvalue weighted by molar-refractivity contribution is 4.87. The second kappa shape index (κ2) is 19.2. The molecule has 0 spiro atoms. The van der Waals surface area contributed by atoms with Crippen LogP contribution in [0.3, 0.4) is 0 Å². The van der Waals surface area contributed by atoms with E-state index in [1.807, 2.05) is 0 Å². The Hall–Kier alpha value is -0.460. The molecule has 1 rings (SSSR count). The van der Waals surface area contributed by atoms with Crippen molar-refractivity contribution in [3.05, 3.63) is 12.2 Å². The van der Waals surface area contributed by atoms with E-state index < -0.39 is 24.4 Å². The summed E-state index contributed by atoms with van der Waals surface area (Å²) in [4.78, 5) is 0. The predicted molar refractivity (Wildman–Crippen MR) is 123 cm³/mol. The van der Waals surface area contributed by atoms with E-state index in [0.29, 0.717) is 6.61 Å². The molecule has 1 heterocycles. The monoisotopic (exact) mass is 428 g/mol. The first-order valence-corrected chi connectivity index (χ1v) is 12.6. The van der Waals surface area contributed by atoms with Crippen LogP contribution in [0.2, 0.25) is 0 Å². The number of hydrogen-bond donors (Lipinski definition) is 3. The summed E-state index contributed by atoms with van der Waals surface area (Å²) in [6.07, 6.45) is 20.7. The molecule has 0 radical (unpaired) electrons. The quantitative estimate of drug-likeness (QED) is 0.201. The molecule has 0 aliphatic carbocycles. The number of unbranched alkanes of at least 4 members (excludes halogenated alkanes) is 13. The van der Waals surface area contributed by atoms with E-state index in [2.05, 4.69) is 19.1 Å². The van der Waals surface area contributed by atoms with E-state index in [4.69, 9.17) is 9.47 Å². The van der Waals surface area contributed by atoms with Crippen molar-refractivity contribution >= 4 is 0 Å². The van der Waals surface area contributed by atoms with E-state index in [0.717, 1.165) is 19.3 Å². The minimum Gasteiger partial charge on any atom is -0.394 e. The normalized spacial score (nSPS) is 24.7. The lowest BCUT2D eigenvalue weighted by Gasteiger charge is -2.37. The van der Waals surface area contributed by atoms with Crippen LogP contribution in [0.4, 0.5) is 0 Å². The van der Waals surface area contributed by atoms with Gasteiger partial charge in [-0.05, 0) is 25.7 Å². The van der Waals surface area contributed by atoms with Gasteiger partial charge >= 0.3 is 0 Å². The van der Waals surface area contributed by atoms with Crippen molar-refractivity contribution < 1.29 is 24.8 Å². The maximum atomic E-state index is 10.0. The average molecular weight is 429 g/mol. The summed E-state index contributed by atoms with van der Waals surface area (Å²) in [6.45, 7) is 2.56. The van der Waals surface area contributed by atoms with Crippen molar-refractivity contribution in [2.75, 3.05) is 19.8 Å². The van der Waals surface area contributed by atoms with Crippen LogP contribution in [0, 0.1) is 0 Å². The average Bonchev–Trinajstić information content (AvgIpc) is 2.75. The number of hydrogen-bond acceptors (Lipinski definition) is 5. The van der Waals surface area contributed by atoms with E-state index in [1.54, 1.807) is 0 Å². The summed E-state index contributed by atoms with van der Waals surface area (Å²) in [5.41, 5.74) is 0. The summed E-state index contributed by atoms with van der Waals surface area (Å²) < 4.78 is 11.0. The fourth-order valence-electron chi connectivity index (χ4n) is 4.03. The second-order valence-corrected chi connectivity index (χ2v) is 8.71. The van der Waals surface area contributed by atoms with Crippen molar-refractivity contribution in [2.45, 2.75) is 128 Å². The summed E-state index contributed by atoms with van der Waals surface area (Å²) in [6, 6.07) is 0. The maximum absolute atomic E-state index is 10.0. The van der Waals surface area contributed by atoms with Gasteiger partial charge in [0.05, 0.1) is 13.2 Å². The molecule has 0 aromatic carbocycles. The van der Waals surface area contributed by atoms with Gasteiger partial charge in [-0.1, -0.05) is 89.7 Å². The summed E-state index contributed by atoms with van der Waals surface area (Å²) in [5.74, 6) is 0. The summed E-state index contributed by atoms with van der Waals surface area (Å²) in [7, 11) is 0. The lowest BCUT2D eigenvalue weighted by Crippen LogP contribution is -2.55. The molecule has 30 heavy (non-hydrogen) atoms. The molecule has 3 N–H and O–H groups in total. The van der Waals surface area contributed by atoms with Crippen molar-refractivity contribution in [3.63, 3.8) is 0 Å². The van der Waals surface area contributed by atoms with Crippen LogP contribution in [0.5, 0.6) is 0 Å². The first-order chi connectivity index (χ1) is 14.7. The van der Waals surface area contributed by atoms with Crippen LogP contribution in [-0.4, -0.2) is 59.6 Å². The zero-order chi connectivity index (χ0) is 21.9. The Labute approximate surface area is 184 Å². The number of allylic oxidation sites excluding steroid dienone is 2. The molecule has 5 nitrogen and oxygen atoms in total. The molecular weight excluding hydrogens is 380 g/mol. The highest BCUT2D eigenvalue weighted by Gasteiger charge is 2.39. The smallest absolute Gasteiger partial charge is 0.114 e. The Kier molecular flexibility index (Phi) is 17.7. The van der Waals surface area contributed by atoms with Gasteiger partial charge in [0.2, 0.25) is 0 Å². The molecule has 4 atom stereocenters. The SMILES string of the molecule is CC/C=C/CCCCCCCCCCCCCCCO[C@@H]1[C@@H](O)[C@H](O)CO[C@H]1CO. The summed E-state index contributed by atoms with van der Waals surface area (Å²) in [5, 5.41) is 29.0. The Morgan fingerprint density at radius 3 is 1.87 bits per heavy atom. The van der Waals surface area contributed by atoms with Crippen LogP contribution in [0.1, 0.15) is 103 Å².